The van der Waals surface area contributed by atoms with Gasteiger partial charge in [-0.3, -0.25) is 5.43 Å². The van der Waals surface area contributed by atoms with E-state index in [0.29, 0.717) is 10.7 Å². The van der Waals surface area contributed by atoms with Crippen molar-refractivity contribution in [2.75, 3.05) is 19.5 Å². The summed E-state index contributed by atoms with van der Waals surface area (Å²) < 4.78 is 23.5. The van der Waals surface area contributed by atoms with Gasteiger partial charge in [0.15, 0.2) is 16.7 Å². The van der Waals surface area contributed by atoms with Gasteiger partial charge in [0, 0.05) is 5.69 Å². The predicted molar refractivity (Wildman–Crippen MR) is 92.9 cm³/mol. The fourth-order valence-corrected chi connectivity index (χ4v) is 1.93. The Kier molecular flexibility index (Phi) is 5.87. The van der Waals surface area contributed by atoms with Crippen LogP contribution >= 0.6 is 12.2 Å². The maximum absolute atomic E-state index is 13.5. The normalized spacial score (nSPS) is 10.4. The molecule has 5 nitrogen and oxygen atoms in total. The Labute approximate surface area is 139 Å². The molecule has 2 rings (SSSR count). The monoisotopic (exact) mass is 333 g/mol. The summed E-state index contributed by atoms with van der Waals surface area (Å²) in [5.74, 6) is 0.496. The summed E-state index contributed by atoms with van der Waals surface area (Å²) in [6.07, 6.45) is 1.46. The number of rotatable bonds is 5. The Bertz CT molecular complexity index is 705. The van der Waals surface area contributed by atoms with E-state index in [2.05, 4.69) is 15.8 Å². The quantitative estimate of drug-likeness (QED) is 0.500. The van der Waals surface area contributed by atoms with Crippen LogP contribution in [-0.2, 0) is 0 Å². The van der Waals surface area contributed by atoms with E-state index in [1.807, 2.05) is 24.3 Å². The Balaban J connectivity index is 1.89. The molecule has 2 N–H and O–H groups in total. The van der Waals surface area contributed by atoms with Crippen molar-refractivity contribution in [3.63, 3.8) is 0 Å². The number of hydrazone groups is 1. The van der Waals surface area contributed by atoms with Crippen LogP contribution < -0.4 is 20.2 Å². The first kappa shape index (κ1) is 16.7. The van der Waals surface area contributed by atoms with Crippen LogP contribution in [-0.4, -0.2) is 25.5 Å². The van der Waals surface area contributed by atoms with Gasteiger partial charge in [-0.2, -0.15) is 5.10 Å². The van der Waals surface area contributed by atoms with Crippen LogP contribution in [0.4, 0.5) is 10.1 Å². The molecule has 2 aromatic rings. The summed E-state index contributed by atoms with van der Waals surface area (Å²) in [6.45, 7) is 0. The molecular weight excluding hydrogens is 317 g/mol. The largest absolute Gasteiger partial charge is 0.497 e. The number of thiocarbonyl (C=S) groups is 1. The predicted octanol–water partition coefficient (Wildman–Crippen LogP) is 3.16. The Morgan fingerprint density at radius 3 is 2.48 bits per heavy atom. The minimum Gasteiger partial charge on any atom is -0.497 e. The standard InChI is InChI=1S/C16H16FN3O2S/c1-21-13-6-4-12(5-7-13)19-16(23)20-18-10-11-3-8-15(22-2)14(17)9-11/h3-10H,1-2H3,(H2,19,20,23)/b18-10-. The number of methoxy groups -OCH3 is 2. The van der Waals surface area contributed by atoms with E-state index in [9.17, 15) is 4.39 Å². The van der Waals surface area contributed by atoms with Crippen LogP contribution in [0.3, 0.4) is 0 Å². The molecule has 0 aliphatic rings. The number of nitrogens with zero attached hydrogens (tertiary/aromatic N) is 1. The fourth-order valence-electron chi connectivity index (χ4n) is 1.76. The summed E-state index contributed by atoms with van der Waals surface area (Å²) in [5.41, 5.74) is 4.05. The first-order valence-electron chi connectivity index (χ1n) is 6.70. The van der Waals surface area contributed by atoms with Crippen molar-refractivity contribution in [1.82, 2.24) is 5.43 Å². The highest BCUT2D eigenvalue weighted by atomic mass is 32.1. The van der Waals surface area contributed by atoms with Gasteiger partial charge in [-0.15, -0.1) is 0 Å². The minimum absolute atomic E-state index is 0.187. The average Bonchev–Trinajstić information content (AvgIpc) is 2.56. The number of hydrogen-bond donors (Lipinski definition) is 2. The third kappa shape index (κ3) is 4.93. The van der Waals surface area contributed by atoms with Crippen LogP contribution in [0.2, 0.25) is 0 Å². The van der Waals surface area contributed by atoms with Gasteiger partial charge in [0.1, 0.15) is 5.75 Å². The Morgan fingerprint density at radius 2 is 1.87 bits per heavy atom. The molecule has 0 saturated carbocycles. The molecule has 0 amide bonds. The topological polar surface area (TPSA) is 54.9 Å². The van der Waals surface area contributed by atoms with Crippen molar-refractivity contribution < 1.29 is 13.9 Å². The van der Waals surface area contributed by atoms with Crippen molar-refractivity contribution >= 4 is 29.2 Å². The molecule has 0 spiro atoms. The highest BCUT2D eigenvalue weighted by molar-refractivity contribution is 7.80. The molecule has 0 saturated heterocycles. The molecule has 0 fully saturated rings. The zero-order chi connectivity index (χ0) is 16.7. The molecule has 0 aliphatic heterocycles. The number of anilines is 1. The number of hydrogen-bond acceptors (Lipinski definition) is 4. The number of halogens is 1. The van der Waals surface area contributed by atoms with Crippen molar-refractivity contribution in [3.05, 3.63) is 53.8 Å². The van der Waals surface area contributed by atoms with E-state index in [1.54, 1.807) is 13.2 Å². The lowest BCUT2D eigenvalue weighted by Gasteiger charge is -2.07. The van der Waals surface area contributed by atoms with Crippen LogP contribution in [0.15, 0.2) is 47.6 Å². The maximum atomic E-state index is 13.5. The van der Waals surface area contributed by atoms with Gasteiger partial charge in [-0.1, -0.05) is 0 Å². The average molecular weight is 333 g/mol. The molecule has 0 aliphatic carbocycles. The Morgan fingerprint density at radius 1 is 1.13 bits per heavy atom. The molecular formula is C16H16FN3O2S. The van der Waals surface area contributed by atoms with Crippen molar-refractivity contribution in [3.8, 4) is 11.5 Å². The zero-order valence-electron chi connectivity index (χ0n) is 12.7. The second kappa shape index (κ2) is 8.09. The number of nitrogens with one attached hydrogen (secondary N) is 2. The van der Waals surface area contributed by atoms with E-state index < -0.39 is 5.82 Å². The van der Waals surface area contributed by atoms with Crippen molar-refractivity contribution in [1.29, 1.82) is 0 Å². The molecule has 0 aromatic heterocycles. The number of ether oxygens (including phenoxy) is 2. The van der Waals surface area contributed by atoms with Crippen LogP contribution in [0, 0.1) is 5.82 Å². The molecule has 0 atom stereocenters. The van der Waals surface area contributed by atoms with Gasteiger partial charge in [0.25, 0.3) is 0 Å². The molecule has 0 heterocycles. The lowest BCUT2D eigenvalue weighted by atomic mass is 10.2. The summed E-state index contributed by atoms with van der Waals surface area (Å²) in [4.78, 5) is 0. The van der Waals surface area contributed by atoms with Gasteiger partial charge in [0.2, 0.25) is 0 Å². The third-order valence-electron chi connectivity index (χ3n) is 2.90. The van der Waals surface area contributed by atoms with E-state index >= 15 is 0 Å². The van der Waals surface area contributed by atoms with Crippen LogP contribution in [0.5, 0.6) is 11.5 Å². The molecule has 0 unspecified atom stereocenters. The SMILES string of the molecule is COc1ccc(NC(=S)N/N=C\c2ccc(OC)c(F)c2)cc1. The first-order chi connectivity index (χ1) is 11.1. The van der Waals surface area contributed by atoms with Crippen molar-refractivity contribution in [2.24, 2.45) is 5.10 Å². The highest BCUT2D eigenvalue weighted by Crippen LogP contribution is 2.17. The van der Waals surface area contributed by atoms with E-state index in [4.69, 9.17) is 21.7 Å². The van der Waals surface area contributed by atoms with E-state index in [1.165, 1.54) is 25.5 Å². The summed E-state index contributed by atoms with van der Waals surface area (Å²) in [5, 5.41) is 7.24. The van der Waals surface area contributed by atoms with Gasteiger partial charge >= 0.3 is 0 Å². The second-order valence-corrected chi connectivity index (χ2v) is 4.85. The van der Waals surface area contributed by atoms with Crippen LogP contribution in [0.1, 0.15) is 5.56 Å². The highest BCUT2D eigenvalue weighted by Gasteiger charge is 2.02. The lowest BCUT2D eigenvalue weighted by molar-refractivity contribution is 0.386. The van der Waals surface area contributed by atoms with E-state index in [-0.39, 0.29) is 5.75 Å². The number of benzene rings is 2. The summed E-state index contributed by atoms with van der Waals surface area (Å²) >= 11 is 5.12. The zero-order valence-corrected chi connectivity index (χ0v) is 13.5. The van der Waals surface area contributed by atoms with Gasteiger partial charge in [0.05, 0.1) is 20.4 Å². The first-order valence-corrected chi connectivity index (χ1v) is 7.11. The molecule has 23 heavy (non-hydrogen) atoms. The summed E-state index contributed by atoms with van der Waals surface area (Å²) in [6, 6.07) is 11.8. The van der Waals surface area contributed by atoms with Gasteiger partial charge in [-0.05, 0) is 60.2 Å². The molecule has 120 valence electrons. The molecule has 7 heteroatoms. The van der Waals surface area contributed by atoms with Crippen molar-refractivity contribution in [2.45, 2.75) is 0 Å². The van der Waals surface area contributed by atoms with Crippen LogP contribution in [0.25, 0.3) is 0 Å². The minimum atomic E-state index is -0.449. The Hall–Kier alpha value is -2.67. The lowest BCUT2D eigenvalue weighted by Crippen LogP contribution is -2.23. The third-order valence-corrected chi connectivity index (χ3v) is 3.10. The molecule has 0 bridgehead atoms. The second-order valence-electron chi connectivity index (χ2n) is 4.45. The maximum Gasteiger partial charge on any atom is 0.191 e. The molecule has 2 aromatic carbocycles. The fraction of sp³-hybridized carbons (Fsp3) is 0.125. The summed E-state index contributed by atoms with van der Waals surface area (Å²) in [7, 11) is 3.02. The van der Waals surface area contributed by atoms with Gasteiger partial charge < -0.3 is 14.8 Å². The smallest absolute Gasteiger partial charge is 0.191 e. The molecule has 0 radical (unpaired) electrons. The van der Waals surface area contributed by atoms with Gasteiger partial charge in [-0.25, -0.2) is 4.39 Å². The van der Waals surface area contributed by atoms with E-state index in [0.717, 1.165) is 11.4 Å².